The van der Waals surface area contributed by atoms with Gasteiger partial charge in [-0.3, -0.25) is 0 Å². The first-order valence-electron chi connectivity index (χ1n) is 2.90. The maximum Gasteiger partial charge on any atom is 0.0364 e. The number of halogens is 1. The second kappa shape index (κ2) is 5.78. The Kier molecular flexibility index (Phi) is 6.25. The molecule has 3 heteroatoms. The van der Waals surface area contributed by atoms with Crippen LogP contribution in [0.2, 0.25) is 0 Å². The maximum absolute atomic E-state index is 3.17. The number of hydrogen-bond acceptors (Lipinski definition) is 2. The van der Waals surface area contributed by atoms with Crippen LogP contribution >= 0.6 is 22.9 Å². The van der Waals surface area contributed by atoms with E-state index in [1.165, 1.54) is 12.8 Å². The number of hydrogen-bond donors (Lipinski definition) is 1. The molecule has 0 aromatic carbocycles. The van der Waals surface area contributed by atoms with Gasteiger partial charge in [-0.25, -0.2) is 5.43 Å². The third kappa shape index (κ3) is 6.65. The summed E-state index contributed by atoms with van der Waals surface area (Å²) in [5, 5.41) is 0. The topological polar surface area (TPSA) is 15.3 Å². The molecule has 0 spiro atoms. The average molecular weight is 228 g/mol. The highest BCUT2D eigenvalue weighted by Gasteiger charge is 1.85. The van der Waals surface area contributed by atoms with Gasteiger partial charge >= 0.3 is 0 Å². The molecule has 0 aliphatic heterocycles. The fourth-order valence-corrected chi connectivity index (χ4v) is 0.651. The van der Waals surface area contributed by atoms with E-state index in [0.29, 0.717) is 0 Å². The predicted octanol–water partition coefficient (Wildman–Crippen LogP) is 1.57. The molecule has 0 rings (SSSR count). The van der Waals surface area contributed by atoms with Crippen molar-refractivity contribution in [1.29, 1.82) is 0 Å². The first kappa shape index (κ1) is 8.65. The molecular formula is C5H13IN2. The van der Waals surface area contributed by atoms with Crippen molar-refractivity contribution in [3.05, 3.63) is 0 Å². The van der Waals surface area contributed by atoms with Crippen LogP contribution in [0.15, 0.2) is 0 Å². The van der Waals surface area contributed by atoms with Crippen molar-refractivity contribution in [2.45, 2.75) is 19.8 Å². The summed E-state index contributed by atoms with van der Waals surface area (Å²) in [6, 6.07) is 0. The molecule has 0 aliphatic carbocycles. The Morgan fingerprint density at radius 1 is 1.62 bits per heavy atom. The Hall–Kier alpha value is 0.650. The summed E-state index contributed by atoms with van der Waals surface area (Å²) in [6.07, 6.45) is 2.52. The normalized spacial score (nSPS) is 10.5. The Morgan fingerprint density at radius 2 is 2.25 bits per heavy atom. The lowest BCUT2D eigenvalue weighted by atomic mass is 10.3. The van der Waals surface area contributed by atoms with Crippen LogP contribution in [-0.4, -0.2) is 16.8 Å². The van der Waals surface area contributed by atoms with E-state index in [4.69, 9.17) is 0 Å². The first-order chi connectivity index (χ1) is 3.77. The van der Waals surface area contributed by atoms with Crippen molar-refractivity contribution >= 4 is 22.9 Å². The highest BCUT2D eigenvalue weighted by molar-refractivity contribution is 14.1. The molecule has 50 valence electrons. The van der Waals surface area contributed by atoms with E-state index in [1.54, 1.807) is 0 Å². The first-order valence-corrected chi connectivity index (χ1v) is 3.87. The van der Waals surface area contributed by atoms with E-state index in [-0.39, 0.29) is 0 Å². The molecule has 8 heavy (non-hydrogen) atoms. The van der Waals surface area contributed by atoms with Crippen molar-refractivity contribution in [1.82, 2.24) is 8.65 Å². The summed E-state index contributed by atoms with van der Waals surface area (Å²) in [6.45, 7) is 3.28. The molecule has 0 fully saturated rings. The molecule has 0 unspecified atom stereocenters. The lowest BCUT2D eigenvalue weighted by Gasteiger charge is -2.07. The lowest BCUT2D eigenvalue weighted by molar-refractivity contribution is 0.439. The van der Waals surface area contributed by atoms with E-state index >= 15 is 0 Å². The zero-order valence-corrected chi connectivity index (χ0v) is 7.60. The number of nitrogens with zero attached hydrogens (tertiary/aromatic N) is 1. The molecule has 0 heterocycles. The van der Waals surface area contributed by atoms with Gasteiger partial charge in [0, 0.05) is 36.5 Å². The van der Waals surface area contributed by atoms with Gasteiger partial charge in [0.2, 0.25) is 0 Å². The number of hydrazine groups is 1. The molecule has 0 saturated heterocycles. The second-order valence-electron chi connectivity index (χ2n) is 1.74. The fraction of sp³-hybridized carbons (Fsp3) is 1.00. The van der Waals surface area contributed by atoms with Crippen molar-refractivity contribution in [3.8, 4) is 0 Å². The Morgan fingerprint density at radius 3 is 2.62 bits per heavy atom. The van der Waals surface area contributed by atoms with Crippen LogP contribution in [-0.2, 0) is 0 Å². The highest BCUT2D eigenvalue weighted by Crippen LogP contribution is 1.87. The molecule has 0 aromatic rings. The highest BCUT2D eigenvalue weighted by atomic mass is 127. The smallest absolute Gasteiger partial charge is 0.0364 e. The van der Waals surface area contributed by atoms with Gasteiger partial charge in [0.25, 0.3) is 0 Å². The van der Waals surface area contributed by atoms with Gasteiger partial charge in [-0.15, -0.1) is 0 Å². The van der Waals surface area contributed by atoms with E-state index in [0.717, 1.165) is 6.54 Å². The SMILES string of the molecule is CCCCNN(C)I. The Balaban J connectivity index is 2.72. The summed E-state index contributed by atoms with van der Waals surface area (Å²) < 4.78 is 1.95. The van der Waals surface area contributed by atoms with E-state index in [9.17, 15) is 0 Å². The van der Waals surface area contributed by atoms with E-state index in [2.05, 4.69) is 35.2 Å². The van der Waals surface area contributed by atoms with Gasteiger partial charge in [-0.1, -0.05) is 13.3 Å². The van der Waals surface area contributed by atoms with Crippen LogP contribution in [0.25, 0.3) is 0 Å². The summed E-state index contributed by atoms with van der Waals surface area (Å²) >= 11 is 2.20. The number of rotatable bonds is 4. The number of nitrogens with one attached hydrogen (secondary N) is 1. The van der Waals surface area contributed by atoms with Crippen LogP contribution in [0, 0.1) is 0 Å². The summed E-state index contributed by atoms with van der Waals surface area (Å²) in [4.78, 5) is 0. The van der Waals surface area contributed by atoms with Crippen LogP contribution < -0.4 is 5.43 Å². The molecule has 2 nitrogen and oxygen atoms in total. The average Bonchev–Trinajstić information content (AvgIpc) is 1.66. The minimum atomic E-state index is 1.09. The van der Waals surface area contributed by atoms with Crippen LogP contribution in [0.4, 0.5) is 0 Å². The molecule has 0 bridgehead atoms. The Labute approximate surface area is 65.1 Å². The molecule has 1 N–H and O–H groups in total. The zero-order valence-electron chi connectivity index (χ0n) is 5.45. The van der Waals surface area contributed by atoms with Crippen LogP contribution in [0.1, 0.15) is 19.8 Å². The van der Waals surface area contributed by atoms with Gasteiger partial charge in [-0.05, 0) is 6.42 Å². The third-order valence-electron chi connectivity index (χ3n) is 0.860. The molecular weight excluding hydrogens is 215 g/mol. The minimum absolute atomic E-state index is 1.09. The van der Waals surface area contributed by atoms with Gasteiger partial charge in [-0.2, -0.15) is 3.22 Å². The van der Waals surface area contributed by atoms with Crippen molar-refractivity contribution < 1.29 is 0 Å². The van der Waals surface area contributed by atoms with E-state index in [1.807, 2.05) is 10.3 Å². The maximum atomic E-state index is 3.17. The minimum Gasteiger partial charge on any atom is -0.246 e. The standard InChI is InChI=1S/C5H13IN2/c1-3-4-5-7-8(2)6/h7H,3-5H2,1-2H3. The molecule has 0 radical (unpaired) electrons. The van der Waals surface area contributed by atoms with Crippen molar-refractivity contribution in [3.63, 3.8) is 0 Å². The largest absolute Gasteiger partial charge is 0.246 e. The van der Waals surface area contributed by atoms with Crippen molar-refractivity contribution in [2.24, 2.45) is 0 Å². The molecule has 0 aromatic heterocycles. The van der Waals surface area contributed by atoms with E-state index < -0.39 is 0 Å². The van der Waals surface area contributed by atoms with Crippen LogP contribution in [0.5, 0.6) is 0 Å². The van der Waals surface area contributed by atoms with Crippen LogP contribution in [0.3, 0.4) is 0 Å². The summed E-state index contributed by atoms with van der Waals surface area (Å²) in [5.41, 5.74) is 3.17. The monoisotopic (exact) mass is 228 g/mol. The summed E-state index contributed by atoms with van der Waals surface area (Å²) in [7, 11) is 2.00. The molecule has 0 atom stereocenters. The van der Waals surface area contributed by atoms with Gasteiger partial charge in [0.1, 0.15) is 0 Å². The van der Waals surface area contributed by atoms with Crippen molar-refractivity contribution in [2.75, 3.05) is 13.6 Å². The second-order valence-corrected chi connectivity index (χ2v) is 3.19. The lowest BCUT2D eigenvalue weighted by Crippen LogP contribution is -2.25. The third-order valence-corrected chi connectivity index (χ3v) is 1.20. The van der Waals surface area contributed by atoms with Gasteiger partial charge < -0.3 is 0 Å². The fourth-order valence-electron chi connectivity index (χ4n) is 0.410. The van der Waals surface area contributed by atoms with Gasteiger partial charge in [0.05, 0.1) is 0 Å². The predicted molar refractivity (Wildman–Crippen MR) is 44.7 cm³/mol. The molecule has 0 amide bonds. The number of unbranched alkanes of at least 4 members (excludes halogenated alkanes) is 1. The summed E-state index contributed by atoms with van der Waals surface area (Å²) in [5.74, 6) is 0. The quantitative estimate of drug-likeness (QED) is 0.340. The molecule has 0 aliphatic rings. The zero-order chi connectivity index (χ0) is 6.41. The molecule has 0 saturated carbocycles. The van der Waals surface area contributed by atoms with Gasteiger partial charge in [0.15, 0.2) is 0 Å². The Bertz CT molecular complexity index is 47.7.